The van der Waals surface area contributed by atoms with Gasteiger partial charge in [0.1, 0.15) is 11.2 Å². The summed E-state index contributed by atoms with van der Waals surface area (Å²) in [6.07, 6.45) is 1.26. The van der Waals surface area contributed by atoms with E-state index >= 15 is 0 Å². The number of hydrogen-bond donors (Lipinski definition) is 1. The molecule has 1 saturated heterocycles. The predicted molar refractivity (Wildman–Crippen MR) is 78.0 cm³/mol. The molecule has 2 atom stereocenters. The van der Waals surface area contributed by atoms with Gasteiger partial charge in [0.2, 0.25) is 5.91 Å². The molecular weight excluding hydrogens is 252 g/mol. The Morgan fingerprint density at radius 3 is 2.20 bits per heavy atom. The summed E-state index contributed by atoms with van der Waals surface area (Å²) in [5.74, 6) is -0.00398. The number of amides is 1. The summed E-state index contributed by atoms with van der Waals surface area (Å²) in [4.78, 5) is 14.6. The summed E-state index contributed by atoms with van der Waals surface area (Å²) >= 11 is 0. The maximum atomic E-state index is 12.8. The molecule has 1 aliphatic heterocycles. The third-order valence-corrected chi connectivity index (χ3v) is 4.75. The molecule has 0 radical (unpaired) electrons. The van der Waals surface area contributed by atoms with Crippen LogP contribution in [0.15, 0.2) is 30.3 Å². The Kier molecular flexibility index (Phi) is 3.89. The second kappa shape index (κ2) is 5.19. The first-order valence-corrected chi connectivity index (χ1v) is 7.25. The highest BCUT2D eigenvalue weighted by molar-refractivity contribution is 5.88. The summed E-state index contributed by atoms with van der Waals surface area (Å²) < 4.78 is 0. The average Bonchev–Trinajstić information content (AvgIpc) is 2.62. The number of carbonyl (C=O) groups excluding carboxylic acids is 1. The fourth-order valence-corrected chi connectivity index (χ4v) is 2.90. The highest BCUT2D eigenvalue weighted by Gasteiger charge is 2.59. The third kappa shape index (κ3) is 2.03. The van der Waals surface area contributed by atoms with Gasteiger partial charge in [-0.15, -0.1) is 0 Å². The normalized spacial score (nSPS) is 31.1. The number of nitrogens with zero attached hydrogens (tertiary/aromatic N) is 2. The van der Waals surface area contributed by atoms with Gasteiger partial charge in [-0.3, -0.25) is 4.79 Å². The van der Waals surface area contributed by atoms with Crippen molar-refractivity contribution in [1.29, 1.82) is 0 Å². The molecule has 1 amide bonds. The van der Waals surface area contributed by atoms with E-state index in [1.54, 1.807) is 4.90 Å². The van der Waals surface area contributed by atoms with Crippen LogP contribution in [0.2, 0.25) is 0 Å². The van der Waals surface area contributed by atoms with Crippen LogP contribution in [0.25, 0.3) is 0 Å². The molecule has 2 unspecified atom stereocenters. The SMILES string of the molecule is CCC1(C)C(=O)N(Cc2ccccc2)C(C)(CC)N1O. The van der Waals surface area contributed by atoms with Gasteiger partial charge < -0.3 is 10.1 Å². The largest absolute Gasteiger partial charge is 0.316 e. The lowest BCUT2D eigenvalue weighted by atomic mass is 9.98. The Labute approximate surface area is 121 Å². The molecule has 0 aromatic heterocycles. The monoisotopic (exact) mass is 276 g/mol. The zero-order valence-electron chi connectivity index (χ0n) is 12.8. The van der Waals surface area contributed by atoms with Crippen molar-refractivity contribution in [2.24, 2.45) is 0 Å². The number of carbonyl (C=O) groups is 1. The van der Waals surface area contributed by atoms with E-state index in [0.717, 1.165) is 5.56 Å². The second-order valence-corrected chi connectivity index (χ2v) is 5.89. The van der Waals surface area contributed by atoms with Crippen molar-refractivity contribution in [2.45, 2.75) is 58.3 Å². The van der Waals surface area contributed by atoms with Gasteiger partial charge in [-0.05, 0) is 32.3 Å². The topological polar surface area (TPSA) is 43.8 Å². The molecule has 1 aromatic rings. The Morgan fingerprint density at radius 2 is 1.70 bits per heavy atom. The van der Waals surface area contributed by atoms with Crippen LogP contribution < -0.4 is 0 Å². The highest BCUT2D eigenvalue weighted by Crippen LogP contribution is 2.41. The average molecular weight is 276 g/mol. The fraction of sp³-hybridized carbons (Fsp3) is 0.562. The molecule has 0 saturated carbocycles. The minimum atomic E-state index is -0.834. The van der Waals surface area contributed by atoms with E-state index in [0.29, 0.717) is 19.4 Å². The summed E-state index contributed by atoms with van der Waals surface area (Å²) in [7, 11) is 0. The van der Waals surface area contributed by atoms with E-state index in [4.69, 9.17) is 0 Å². The Bertz CT molecular complexity index is 491. The van der Waals surface area contributed by atoms with Gasteiger partial charge in [0.05, 0.1) is 0 Å². The third-order valence-electron chi connectivity index (χ3n) is 4.75. The quantitative estimate of drug-likeness (QED) is 0.919. The van der Waals surface area contributed by atoms with E-state index in [-0.39, 0.29) is 5.91 Å². The van der Waals surface area contributed by atoms with Gasteiger partial charge in [0, 0.05) is 6.54 Å². The van der Waals surface area contributed by atoms with Crippen LogP contribution in [-0.2, 0) is 11.3 Å². The van der Waals surface area contributed by atoms with Crippen LogP contribution in [0.5, 0.6) is 0 Å². The summed E-state index contributed by atoms with van der Waals surface area (Å²) in [5.41, 5.74) is -0.411. The van der Waals surface area contributed by atoms with Gasteiger partial charge >= 0.3 is 0 Å². The van der Waals surface area contributed by atoms with Crippen LogP contribution in [0, 0.1) is 0 Å². The Hall–Kier alpha value is -1.39. The zero-order valence-corrected chi connectivity index (χ0v) is 12.8. The molecule has 1 heterocycles. The van der Waals surface area contributed by atoms with Gasteiger partial charge in [0.25, 0.3) is 0 Å². The molecule has 1 fully saturated rings. The van der Waals surface area contributed by atoms with Crippen LogP contribution in [0.1, 0.15) is 46.1 Å². The second-order valence-electron chi connectivity index (χ2n) is 5.89. The summed E-state index contributed by atoms with van der Waals surface area (Å²) in [6.45, 7) is 8.19. The summed E-state index contributed by atoms with van der Waals surface area (Å²) in [5, 5.41) is 11.8. The number of benzene rings is 1. The van der Waals surface area contributed by atoms with Gasteiger partial charge in [-0.2, -0.15) is 5.06 Å². The van der Waals surface area contributed by atoms with Crippen molar-refractivity contribution >= 4 is 5.91 Å². The van der Waals surface area contributed by atoms with Crippen molar-refractivity contribution in [2.75, 3.05) is 0 Å². The maximum Gasteiger partial charge on any atom is 0.247 e. The molecule has 110 valence electrons. The van der Waals surface area contributed by atoms with E-state index in [2.05, 4.69) is 0 Å². The summed E-state index contributed by atoms with van der Waals surface area (Å²) in [6, 6.07) is 9.91. The van der Waals surface area contributed by atoms with Crippen LogP contribution in [0.4, 0.5) is 0 Å². The fourth-order valence-electron chi connectivity index (χ4n) is 2.90. The van der Waals surface area contributed by atoms with E-state index in [1.807, 2.05) is 58.0 Å². The van der Waals surface area contributed by atoms with Crippen molar-refractivity contribution in [3.8, 4) is 0 Å². The lowest BCUT2D eigenvalue weighted by molar-refractivity contribution is -0.222. The van der Waals surface area contributed by atoms with Gasteiger partial charge in [0.15, 0.2) is 0 Å². The molecule has 0 spiro atoms. The van der Waals surface area contributed by atoms with Crippen molar-refractivity contribution in [3.63, 3.8) is 0 Å². The number of hydrogen-bond acceptors (Lipinski definition) is 3. The lowest BCUT2D eigenvalue weighted by Crippen LogP contribution is -2.52. The number of hydroxylamine groups is 2. The molecule has 2 rings (SSSR count). The lowest BCUT2D eigenvalue weighted by Gasteiger charge is -2.38. The smallest absolute Gasteiger partial charge is 0.247 e. The molecule has 4 nitrogen and oxygen atoms in total. The minimum absolute atomic E-state index is 0.00398. The van der Waals surface area contributed by atoms with Crippen LogP contribution >= 0.6 is 0 Å². The van der Waals surface area contributed by atoms with E-state index < -0.39 is 11.2 Å². The first kappa shape index (κ1) is 15.0. The molecule has 0 bridgehead atoms. The molecule has 1 aliphatic rings. The van der Waals surface area contributed by atoms with Crippen molar-refractivity contribution in [1.82, 2.24) is 9.96 Å². The van der Waals surface area contributed by atoms with Crippen LogP contribution in [0.3, 0.4) is 0 Å². The molecule has 1 N–H and O–H groups in total. The van der Waals surface area contributed by atoms with Crippen LogP contribution in [-0.4, -0.2) is 32.3 Å². The predicted octanol–water partition coefficient (Wildman–Crippen LogP) is 3.01. The van der Waals surface area contributed by atoms with Crippen molar-refractivity contribution in [3.05, 3.63) is 35.9 Å². The Morgan fingerprint density at radius 1 is 1.10 bits per heavy atom. The molecule has 20 heavy (non-hydrogen) atoms. The molecule has 0 aliphatic carbocycles. The van der Waals surface area contributed by atoms with E-state index in [9.17, 15) is 10.0 Å². The van der Waals surface area contributed by atoms with Gasteiger partial charge in [-0.1, -0.05) is 44.2 Å². The van der Waals surface area contributed by atoms with E-state index in [1.165, 1.54) is 5.06 Å². The first-order valence-electron chi connectivity index (χ1n) is 7.25. The molecule has 4 heteroatoms. The zero-order chi connectivity index (χ0) is 15.0. The standard InChI is InChI=1S/C16H24N2O2/c1-5-15(3)14(19)17(16(4,6-2)18(15)20)12-13-10-8-7-9-11-13/h7-11,20H,5-6,12H2,1-4H3. The van der Waals surface area contributed by atoms with Gasteiger partial charge in [-0.25, -0.2) is 0 Å². The Balaban J connectivity index is 2.37. The molecule has 1 aromatic carbocycles. The highest BCUT2D eigenvalue weighted by atomic mass is 16.5. The molecular formula is C16H24N2O2. The van der Waals surface area contributed by atoms with Crippen molar-refractivity contribution < 1.29 is 10.0 Å². The minimum Gasteiger partial charge on any atom is -0.316 e. The first-order chi connectivity index (χ1) is 9.40. The maximum absolute atomic E-state index is 12.8. The number of rotatable bonds is 4.